The Balaban J connectivity index is 1.92. The van der Waals surface area contributed by atoms with Crippen molar-refractivity contribution in [1.82, 2.24) is 0 Å². The molecule has 0 saturated heterocycles. The second kappa shape index (κ2) is 6.67. The van der Waals surface area contributed by atoms with E-state index in [1.165, 1.54) is 0 Å². The summed E-state index contributed by atoms with van der Waals surface area (Å²) in [6.45, 7) is 3.77. The molecule has 2 aromatic carbocycles. The molecule has 1 N–H and O–H groups in total. The molecule has 3 atom stereocenters. The van der Waals surface area contributed by atoms with Crippen LogP contribution in [0.5, 0.6) is 34.5 Å². The van der Waals surface area contributed by atoms with Gasteiger partial charge in [0.25, 0.3) is 0 Å². The summed E-state index contributed by atoms with van der Waals surface area (Å²) < 4.78 is 33.4. The van der Waals surface area contributed by atoms with Crippen LogP contribution >= 0.6 is 0 Å². The summed E-state index contributed by atoms with van der Waals surface area (Å²) in [7, 11) is 4.73. The average Bonchev–Trinajstić information content (AvgIpc) is 3.13. The molecule has 150 valence electrons. The summed E-state index contributed by atoms with van der Waals surface area (Å²) in [4.78, 5) is 0. The molecule has 0 saturated carbocycles. The molecule has 28 heavy (non-hydrogen) atoms. The molecule has 0 aromatic heterocycles. The van der Waals surface area contributed by atoms with E-state index in [9.17, 15) is 5.11 Å². The lowest BCUT2D eigenvalue weighted by molar-refractivity contribution is -0.171. The van der Waals surface area contributed by atoms with Gasteiger partial charge in [0.2, 0.25) is 18.3 Å². The van der Waals surface area contributed by atoms with Gasteiger partial charge in [0.1, 0.15) is 5.75 Å². The summed E-state index contributed by atoms with van der Waals surface area (Å²) in [5, 5.41) is 10.9. The number of benzene rings is 2. The second-order valence-corrected chi connectivity index (χ2v) is 7.13. The van der Waals surface area contributed by atoms with E-state index in [4.69, 9.17) is 28.4 Å². The van der Waals surface area contributed by atoms with Crippen molar-refractivity contribution in [2.24, 2.45) is 5.92 Å². The van der Waals surface area contributed by atoms with Crippen LogP contribution in [-0.2, 0) is 0 Å². The van der Waals surface area contributed by atoms with E-state index < -0.39 is 5.79 Å². The quantitative estimate of drug-likeness (QED) is 0.861. The van der Waals surface area contributed by atoms with Crippen LogP contribution in [0.3, 0.4) is 0 Å². The van der Waals surface area contributed by atoms with Gasteiger partial charge in [-0.25, -0.2) is 0 Å². The highest BCUT2D eigenvalue weighted by molar-refractivity contribution is 5.60. The molecule has 0 amide bonds. The minimum absolute atomic E-state index is 0.166. The largest absolute Gasteiger partial charge is 0.493 e. The van der Waals surface area contributed by atoms with Crippen LogP contribution < -0.4 is 28.4 Å². The van der Waals surface area contributed by atoms with Crippen LogP contribution in [0.25, 0.3) is 0 Å². The third-order valence-corrected chi connectivity index (χ3v) is 5.55. The third kappa shape index (κ3) is 2.77. The van der Waals surface area contributed by atoms with Crippen molar-refractivity contribution in [2.45, 2.75) is 25.6 Å². The van der Waals surface area contributed by atoms with Crippen LogP contribution in [0, 0.1) is 5.92 Å². The molecule has 0 unspecified atom stereocenters. The highest BCUT2D eigenvalue weighted by atomic mass is 16.7. The van der Waals surface area contributed by atoms with Gasteiger partial charge >= 0.3 is 0 Å². The monoisotopic (exact) mass is 388 g/mol. The number of fused-ring (bicyclic) bond motifs is 2. The molecule has 0 radical (unpaired) electrons. The Labute approximate surface area is 163 Å². The lowest BCUT2D eigenvalue weighted by Crippen LogP contribution is -2.45. The van der Waals surface area contributed by atoms with Crippen LogP contribution in [0.2, 0.25) is 0 Å². The summed E-state index contributed by atoms with van der Waals surface area (Å²) >= 11 is 0. The maximum atomic E-state index is 10.9. The van der Waals surface area contributed by atoms with Gasteiger partial charge in [-0.2, -0.15) is 0 Å². The Morgan fingerprint density at radius 2 is 1.54 bits per heavy atom. The standard InChI is InChI=1S/C21H24O7/c1-11-19(12-6-17(23-3)20(25-5)18(7-12)24-4)13-8-15-16(27-10-26-15)9-14(13)28-21(11,2)22/h6-9,11,19,22H,10H2,1-5H3/t11-,19+,21-/m0/s1. The van der Waals surface area contributed by atoms with E-state index in [0.717, 1.165) is 11.1 Å². The normalized spacial score (nSPS) is 24.9. The molecule has 7 nitrogen and oxygen atoms in total. The molecular weight excluding hydrogens is 364 g/mol. The molecule has 2 aliphatic heterocycles. The van der Waals surface area contributed by atoms with E-state index in [0.29, 0.717) is 34.5 Å². The van der Waals surface area contributed by atoms with Gasteiger partial charge in [0, 0.05) is 30.4 Å². The third-order valence-electron chi connectivity index (χ3n) is 5.55. The predicted molar refractivity (Wildman–Crippen MR) is 101 cm³/mol. The number of methoxy groups -OCH3 is 3. The zero-order valence-electron chi connectivity index (χ0n) is 16.6. The molecule has 0 fully saturated rings. The fourth-order valence-corrected chi connectivity index (χ4v) is 3.91. The van der Waals surface area contributed by atoms with E-state index in [1.54, 1.807) is 34.3 Å². The maximum Gasteiger partial charge on any atom is 0.231 e. The number of ether oxygens (including phenoxy) is 6. The number of hydrogen-bond donors (Lipinski definition) is 1. The van der Waals surface area contributed by atoms with Gasteiger partial charge in [0.15, 0.2) is 23.0 Å². The van der Waals surface area contributed by atoms with E-state index in [-0.39, 0.29) is 18.6 Å². The molecule has 0 aliphatic carbocycles. The first-order valence-electron chi connectivity index (χ1n) is 9.04. The molecular formula is C21H24O7. The van der Waals surface area contributed by atoms with E-state index >= 15 is 0 Å². The molecule has 0 spiro atoms. The Bertz CT molecular complexity index is 881. The lowest BCUT2D eigenvalue weighted by atomic mass is 9.75. The summed E-state index contributed by atoms with van der Waals surface area (Å²) in [6, 6.07) is 7.48. The fourth-order valence-electron chi connectivity index (χ4n) is 3.91. The SMILES string of the molecule is COc1cc([C@@H]2c3cc4c(cc3O[C@](C)(O)[C@H]2C)OCO4)cc(OC)c1OC. The fraction of sp³-hybridized carbons (Fsp3) is 0.429. The molecule has 2 aliphatic rings. The molecule has 2 heterocycles. The minimum atomic E-state index is -1.37. The minimum Gasteiger partial charge on any atom is -0.493 e. The van der Waals surface area contributed by atoms with Gasteiger partial charge in [-0.05, 0) is 23.8 Å². The van der Waals surface area contributed by atoms with Gasteiger partial charge < -0.3 is 33.5 Å². The van der Waals surface area contributed by atoms with Crippen molar-refractivity contribution in [2.75, 3.05) is 28.1 Å². The molecule has 2 aromatic rings. The zero-order chi connectivity index (χ0) is 20.1. The highest BCUT2D eigenvalue weighted by Crippen LogP contribution is 2.53. The van der Waals surface area contributed by atoms with Crippen molar-refractivity contribution in [3.05, 3.63) is 35.4 Å². The molecule has 0 bridgehead atoms. The number of rotatable bonds is 4. The summed E-state index contributed by atoms with van der Waals surface area (Å²) in [5.74, 6) is 1.63. The summed E-state index contributed by atoms with van der Waals surface area (Å²) in [5.41, 5.74) is 1.81. The van der Waals surface area contributed by atoms with Gasteiger partial charge in [-0.3, -0.25) is 0 Å². The topological polar surface area (TPSA) is 75.6 Å². The first kappa shape index (κ1) is 18.6. The maximum absolute atomic E-state index is 10.9. The number of hydrogen-bond acceptors (Lipinski definition) is 7. The van der Waals surface area contributed by atoms with Crippen LogP contribution in [0.15, 0.2) is 24.3 Å². The smallest absolute Gasteiger partial charge is 0.231 e. The molecule has 4 rings (SSSR count). The van der Waals surface area contributed by atoms with Gasteiger partial charge in [0.05, 0.1) is 21.3 Å². The van der Waals surface area contributed by atoms with Crippen LogP contribution in [0.4, 0.5) is 0 Å². The average molecular weight is 388 g/mol. The Kier molecular flexibility index (Phi) is 4.42. The zero-order valence-corrected chi connectivity index (χ0v) is 16.6. The predicted octanol–water partition coefficient (Wildman–Crippen LogP) is 3.31. The van der Waals surface area contributed by atoms with Crippen molar-refractivity contribution in [1.29, 1.82) is 0 Å². The number of aliphatic hydroxyl groups is 1. The van der Waals surface area contributed by atoms with Gasteiger partial charge in [-0.1, -0.05) is 6.92 Å². The van der Waals surface area contributed by atoms with Crippen molar-refractivity contribution >= 4 is 0 Å². The first-order valence-corrected chi connectivity index (χ1v) is 9.04. The van der Waals surface area contributed by atoms with E-state index in [2.05, 4.69) is 0 Å². The van der Waals surface area contributed by atoms with Crippen molar-refractivity contribution in [3.63, 3.8) is 0 Å². The van der Waals surface area contributed by atoms with Crippen molar-refractivity contribution < 1.29 is 33.5 Å². The summed E-state index contributed by atoms with van der Waals surface area (Å²) in [6.07, 6.45) is 0. The Morgan fingerprint density at radius 1 is 0.929 bits per heavy atom. The van der Waals surface area contributed by atoms with Crippen LogP contribution in [-0.4, -0.2) is 39.0 Å². The van der Waals surface area contributed by atoms with Gasteiger partial charge in [-0.15, -0.1) is 0 Å². The van der Waals surface area contributed by atoms with E-state index in [1.807, 2.05) is 25.1 Å². The first-order chi connectivity index (χ1) is 13.4. The highest BCUT2D eigenvalue weighted by Gasteiger charge is 2.45. The Hall–Kier alpha value is -2.80. The van der Waals surface area contributed by atoms with Crippen LogP contribution in [0.1, 0.15) is 30.9 Å². The van der Waals surface area contributed by atoms with Crippen molar-refractivity contribution in [3.8, 4) is 34.5 Å². The molecule has 7 heteroatoms. The lowest BCUT2D eigenvalue weighted by Gasteiger charge is -2.42. The Morgan fingerprint density at radius 3 is 2.11 bits per heavy atom. The second-order valence-electron chi connectivity index (χ2n) is 7.13.